The highest BCUT2D eigenvalue weighted by molar-refractivity contribution is 6.03. The van der Waals surface area contributed by atoms with Gasteiger partial charge in [0.05, 0.1) is 5.41 Å². The van der Waals surface area contributed by atoms with E-state index in [1.165, 1.54) is 33.9 Å². The minimum Gasteiger partial charge on any atom is -0.339 e. The third kappa shape index (κ3) is 3.68. The van der Waals surface area contributed by atoms with E-state index in [-0.39, 0.29) is 21.9 Å². The molecule has 2 heterocycles. The van der Waals surface area contributed by atoms with Crippen LogP contribution in [0.4, 0.5) is 11.4 Å². The van der Waals surface area contributed by atoms with Crippen LogP contribution in [-0.4, -0.2) is 21.4 Å². The molecule has 0 spiro atoms. The minimum absolute atomic E-state index is 0.00298. The number of para-hydroxylation sites is 2. The van der Waals surface area contributed by atoms with E-state index < -0.39 is 0 Å². The second-order valence-electron chi connectivity index (χ2n) is 12.6. The van der Waals surface area contributed by atoms with Crippen LogP contribution in [-0.2, 0) is 10.8 Å². The van der Waals surface area contributed by atoms with E-state index >= 15 is 0 Å². The molecule has 0 aliphatic carbocycles. The third-order valence-electron chi connectivity index (χ3n) is 7.25. The smallest absolute Gasteiger partial charge is 0.210 e. The Morgan fingerprint density at radius 2 is 1.33 bits per heavy atom. The van der Waals surface area contributed by atoms with E-state index in [2.05, 4.69) is 145 Å². The molecule has 0 aromatic heterocycles. The van der Waals surface area contributed by atoms with Gasteiger partial charge in [0.15, 0.2) is 11.3 Å². The SMILES string of the molecule is CC1(C)C(/C=C/C=C2/N(C(C)(C)C)c3ccccc3C2(C)C)=[N+](C(C)(C)C)c2ccccc21. The second-order valence-corrected chi connectivity index (χ2v) is 12.6. The summed E-state index contributed by atoms with van der Waals surface area (Å²) >= 11 is 0. The minimum atomic E-state index is -0.0449. The molecule has 2 heteroatoms. The van der Waals surface area contributed by atoms with Crippen LogP contribution >= 0.6 is 0 Å². The number of allylic oxidation sites excluding steroid dienone is 4. The monoisotopic (exact) mass is 441 g/mol. The molecule has 2 aliphatic heterocycles. The first-order valence-electron chi connectivity index (χ1n) is 12.2. The van der Waals surface area contributed by atoms with E-state index in [9.17, 15) is 0 Å². The van der Waals surface area contributed by atoms with E-state index in [0.29, 0.717) is 0 Å². The van der Waals surface area contributed by atoms with E-state index in [1.54, 1.807) is 0 Å². The number of anilines is 1. The third-order valence-corrected chi connectivity index (χ3v) is 7.25. The zero-order valence-corrected chi connectivity index (χ0v) is 22.2. The summed E-state index contributed by atoms with van der Waals surface area (Å²) in [6, 6.07) is 17.7. The number of nitrogens with zero attached hydrogens (tertiary/aromatic N) is 2. The van der Waals surface area contributed by atoms with Gasteiger partial charge in [0.25, 0.3) is 0 Å². The molecule has 2 aliphatic rings. The normalized spacial score (nSPS) is 20.7. The van der Waals surface area contributed by atoms with E-state index in [1.807, 2.05) is 0 Å². The maximum absolute atomic E-state index is 2.52. The van der Waals surface area contributed by atoms with Gasteiger partial charge in [0.1, 0.15) is 0 Å². The molecule has 0 atom stereocenters. The first-order chi connectivity index (χ1) is 15.2. The molecule has 4 rings (SSSR count). The molecule has 0 saturated carbocycles. The molecule has 0 saturated heterocycles. The average molecular weight is 442 g/mol. The Morgan fingerprint density at radius 3 is 1.94 bits per heavy atom. The molecule has 0 bridgehead atoms. The summed E-state index contributed by atoms with van der Waals surface area (Å²) < 4.78 is 2.52. The molecule has 0 fully saturated rings. The number of hydrogen-bond donors (Lipinski definition) is 0. The van der Waals surface area contributed by atoms with Crippen LogP contribution in [0.3, 0.4) is 0 Å². The van der Waals surface area contributed by atoms with Gasteiger partial charge in [0, 0.05) is 60.8 Å². The summed E-state index contributed by atoms with van der Waals surface area (Å²) in [5.74, 6) is 0. The lowest BCUT2D eigenvalue weighted by Gasteiger charge is -2.38. The lowest BCUT2D eigenvalue weighted by molar-refractivity contribution is -0.517. The number of rotatable bonds is 2. The molecule has 0 N–H and O–H groups in total. The molecule has 0 unspecified atom stereocenters. The summed E-state index contributed by atoms with van der Waals surface area (Å²) in [6.07, 6.45) is 6.97. The fraction of sp³-hybridized carbons (Fsp3) is 0.452. The first kappa shape index (κ1) is 23.5. The Bertz CT molecular complexity index is 1170. The topological polar surface area (TPSA) is 6.25 Å². The van der Waals surface area contributed by atoms with Crippen LogP contribution in [0.2, 0.25) is 0 Å². The molecule has 2 aromatic carbocycles. The van der Waals surface area contributed by atoms with Gasteiger partial charge in [0.2, 0.25) is 5.69 Å². The van der Waals surface area contributed by atoms with Crippen molar-refractivity contribution in [3.05, 3.63) is 83.6 Å². The standard InChI is InChI=1S/C31H41N2/c1-28(2,3)32-24-18-13-11-16-22(24)30(7,8)26(32)20-15-21-27-31(9,10)23-17-12-14-19-25(23)33(27)29(4,5)6/h11-21H,1-10H3/q+1. The molecule has 33 heavy (non-hydrogen) atoms. The van der Waals surface area contributed by atoms with Crippen molar-refractivity contribution in [3.8, 4) is 0 Å². The van der Waals surface area contributed by atoms with Crippen LogP contribution in [0.1, 0.15) is 80.4 Å². The largest absolute Gasteiger partial charge is 0.339 e. The van der Waals surface area contributed by atoms with Gasteiger partial charge in [-0.05, 0) is 52.3 Å². The van der Waals surface area contributed by atoms with Crippen LogP contribution in [0, 0.1) is 0 Å². The zero-order chi connectivity index (χ0) is 24.4. The quantitative estimate of drug-likeness (QED) is 0.429. The molecule has 2 aromatic rings. The predicted octanol–water partition coefficient (Wildman–Crippen LogP) is 7.90. The number of fused-ring (bicyclic) bond motifs is 2. The fourth-order valence-corrected chi connectivity index (χ4v) is 5.73. The highest BCUT2D eigenvalue weighted by atomic mass is 15.2. The van der Waals surface area contributed by atoms with Gasteiger partial charge >= 0.3 is 0 Å². The van der Waals surface area contributed by atoms with Gasteiger partial charge in [-0.1, -0.05) is 56.3 Å². The summed E-state index contributed by atoms with van der Waals surface area (Å²) in [7, 11) is 0. The average Bonchev–Trinajstić information content (AvgIpc) is 3.07. The predicted molar refractivity (Wildman–Crippen MR) is 143 cm³/mol. The van der Waals surface area contributed by atoms with Crippen molar-refractivity contribution in [3.63, 3.8) is 0 Å². The van der Waals surface area contributed by atoms with Gasteiger partial charge in [-0.25, -0.2) is 0 Å². The van der Waals surface area contributed by atoms with Gasteiger partial charge in [-0.2, -0.15) is 4.58 Å². The van der Waals surface area contributed by atoms with Gasteiger partial charge in [-0.15, -0.1) is 0 Å². The molecule has 174 valence electrons. The summed E-state index contributed by atoms with van der Waals surface area (Å²) in [5, 5.41) is 0. The Balaban J connectivity index is 1.85. The van der Waals surface area contributed by atoms with Crippen molar-refractivity contribution in [2.75, 3.05) is 4.90 Å². The molecule has 2 nitrogen and oxygen atoms in total. The Hall–Kier alpha value is -2.61. The molecule has 0 amide bonds. The molecular formula is C31H41N2+. The summed E-state index contributed by atoms with van der Waals surface area (Å²) in [4.78, 5) is 2.52. The van der Waals surface area contributed by atoms with Crippen LogP contribution < -0.4 is 4.90 Å². The fourth-order valence-electron chi connectivity index (χ4n) is 5.73. The Morgan fingerprint density at radius 1 is 0.758 bits per heavy atom. The van der Waals surface area contributed by atoms with Crippen molar-refractivity contribution in [1.29, 1.82) is 0 Å². The number of benzene rings is 2. The first-order valence-corrected chi connectivity index (χ1v) is 12.2. The van der Waals surface area contributed by atoms with Crippen molar-refractivity contribution >= 4 is 17.1 Å². The number of hydrogen-bond acceptors (Lipinski definition) is 1. The summed E-state index contributed by atoms with van der Waals surface area (Å²) in [5.41, 5.74) is 8.06. The van der Waals surface area contributed by atoms with Crippen molar-refractivity contribution in [2.24, 2.45) is 0 Å². The lowest BCUT2D eigenvalue weighted by atomic mass is 9.81. The van der Waals surface area contributed by atoms with Crippen LogP contribution in [0.5, 0.6) is 0 Å². The molecule has 0 radical (unpaired) electrons. The second kappa shape index (κ2) is 7.45. The molecular weight excluding hydrogens is 400 g/mol. The van der Waals surface area contributed by atoms with Gasteiger partial charge in [-0.3, -0.25) is 0 Å². The highest BCUT2D eigenvalue weighted by Crippen LogP contribution is 2.50. The van der Waals surface area contributed by atoms with E-state index in [4.69, 9.17) is 0 Å². The Labute approximate surface area is 201 Å². The summed E-state index contributed by atoms with van der Waals surface area (Å²) in [6.45, 7) is 23.2. The zero-order valence-electron chi connectivity index (χ0n) is 22.2. The van der Waals surface area contributed by atoms with E-state index in [0.717, 1.165) is 0 Å². The maximum Gasteiger partial charge on any atom is 0.210 e. The van der Waals surface area contributed by atoms with Crippen LogP contribution in [0.15, 0.2) is 72.5 Å². The van der Waals surface area contributed by atoms with Crippen LogP contribution in [0.25, 0.3) is 0 Å². The lowest BCUT2D eigenvalue weighted by Crippen LogP contribution is -2.41. The van der Waals surface area contributed by atoms with Crippen molar-refractivity contribution in [2.45, 2.75) is 91.1 Å². The highest BCUT2D eigenvalue weighted by Gasteiger charge is 2.48. The Kier molecular flexibility index (Phi) is 5.32. The maximum atomic E-state index is 2.52. The van der Waals surface area contributed by atoms with Crippen molar-refractivity contribution < 1.29 is 4.58 Å². The van der Waals surface area contributed by atoms with Gasteiger partial charge < -0.3 is 4.90 Å². The van der Waals surface area contributed by atoms with Crippen molar-refractivity contribution in [1.82, 2.24) is 0 Å².